The van der Waals surface area contributed by atoms with Crippen LogP contribution in [0.4, 0.5) is 0 Å². The fraction of sp³-hybridized carbons (Fsp3) is 0.938. The molecule has 0 atom stereocenters. The van der Waals surface area contributed by atoms with Crippen LogP contribution in [0.15, 0.2) is 0 Å². The average Bonchev–Trinajstić information content (AvgIpc) is 2.54. The third-order valence-electron chi connectivity index (χ3n) is 4.37. The highest BCUT2D eigenvalue weighted by Crippen LogP contribution is 2.38. The Balaban J connectivity index is 2.60. The van der Waals surface area contributed by atoms with Crippen molar-refractivity contribution in [3.05, 3.63) is 0 Å². The number of unbranched alkanes of at least 4 members (excludes halogenated alkanes) is 4. The summed E-state index contributed by atoms with van der Waals surface area (Å²) in [6.45, 7) is 5.36. The molecule has 1 saturated heterocycles. The maximum atomic E-state index is 12.4. The van der Waals surface area contributed by atoms with Gasteiger partial charge in [0.1, 0.15) is 0 Å². The summed E-state index contributed by atoms with van der Waals surface area (Å²) in [7, 11) is 0. The third-order valence-corrected chi connectivity index (χ3v) is 4.37. The Kier molecular flexibility index (Phi) is 7.38. The van der Waals surface area contributed by atoms with Crippen LogP contribution in [0, 0.1) is 5.41 Å². The highest BCUT2D eigenvalue weighted by molar-refractivity contribution is 5.82. The number of carbonyl (C=O) groups excluding carboxylic acids is 1. The van der Waals surface area contributed by atoms with Crippen LogP contribution in [0.3, 0.4) is 0 Å². The van der Waals surface area contributed by atoms with Crippen LogP contribution in [-0.2, 0) is 4.79 Å². The Morgan fingerprint density at radius 3 is 2.17 bits per heavy atom. The molecule has 1 heterocycles. The van der Waals surface area contributed by atoms with Gasteiger partial charge in [0.05, 0.1) is 0 Å². The maximum absolute atomic E-state index is 12.4. The van der Waals surface area contributed by atoms with Crippen LogP contribution in [0.1, 0.15) is 84.5 Å². The molecule has 2 heteroatoms. The Morgan fingerprint density at radius 2 is 1.61 bits per heavy atom. The van der Waals surface area contributed by atoms with Gasteiger partial charge < -0.3 is 5.32 Å². The largest absolute Gasteiger partial charge is 0.356 e. The van der Waals surface area contributed by atoms with E-state index in [9.17, 15) is 4.79 Å². The molecule has 0 aromatic rings. The predicted molar refractivity (Wildman–Crippen MR) is 77.6 cm³/mol. The van der Waals surface area contributed by atoms with Crippen molar-refractivity contribution < 1.29 is 4.79 Å². The molecule has 0 spiro atoms. The predicted octanol–water partition coefficient (Wildman–Crippen LogP) is 4.43. The first kappa shape index (κ1) is 15.5. The highest BCUT2D eigenvalue weighted by atomic mass is 16.2. The minimum Gasteiger partial charge on any atom is -0.356 e. The van der Waals surface area contributed by atoms with Crippen molar-refractivity contribution in [2.45, 2.75) is 84.5 Å². The fourth-order valence-electron chi connectivity index (χ4n) is 3.12. The van der Waals surface area contributed by atoms with E-state index >= 15 is 0 Å². The van der Waals surface area contributed by atoms with Crippen LogP contribution in [0.2, 0.25) is 0 Å². The lowest BCUT2D eigenvalue weighted by Gasteiger charge is -2.31. The monoisotopic (exact) mass is 253 g/mol. The first-order chi connectivity index (χ1) is 8.75. The zero-order valence-corrected chi connectivity index (χ0v) is 12.4. The number of hydrogen-bond donors (Lipinski definition) is 1. The van der Waals surface area contributed by atoms with Gasteiger partial charge in [0.2, 0.25) is 5.91 Å². The molecular formula is C16H31NO. The van der Waals surface area contributed by atoms with Gasteiger partial charge in [-0.25, -0.2) is 0 Å². The van der Waals surface area contributed by atoms with E-state index in [0.717, 1.165) is 32.2 Å². The molecule has 0 aliphatic carbocycles. The number of hydrogen-bond acceptors (Lipinski definition) is 1. The average molecular weight is 253 g/mol. The van der Waals surface area contributed by atoms with Gasteiger partial charge in [-0.1, -0.05) is 58.8 Å². The van der Waals surface area contributed by atoms with Crippen molar-refractivity contribution in [1.82, 2.24) is 5.32 Å². The first-order valence-electron chi connectivity index (χ1n) is 8.03. The van der Waals surface area contributed by atoms with Crippen LogP contribution in [0.5, 0.6) is 0 Å². The van der Waals surface area contributed by atoms with E-state index in [0.29, 0.717) is 5.91 Å². The molecule has 1 rings (SSSR count). The molecule has 0 aromatic carbocycles. The van der Waals surface area contributed by atoms with Crippen molar-refractivity contribution in [3.8, 4) is 0 Å². The molecule has 1 amide bonds. The van der Waals surface area contributed by atoms with Crippen molar-refractivity contribution in [2.24, 2.45) is 5.41 Å². The van der Waals surface area contributed by atoms with Crippen LogP contribution in [-0.4, -0.2) is 12.5 Å². The molecule has 0 aromatic heterocycles. The van der Waals surface area contributed by atoms with Crippen LogP contribution < -0.4 is 5.32 Å². The summed E-state index contributed by atoms with van der Waals surface area (Å²) in [4.78, 5) is 12.4. The summed E-state index contributed by atoms with van der Waals surface area (Å²) in [6.07, 6.45) is 13.2. The standard InChI is InChI=1S/C16H31NO/c1-3-5-7-11-16(12-8-6-4-2)13-9-10-14-17-15(16)18/h3-14H2,1-2H3,(H,17,18). The zero-order chi connectivity index (χ0) is 13.3. The van der Waals surface area contributed by atoms with Crippen molar-refractivity contribution in [2.75, 3.05) is 6.54 Å². The lowest BCUT2D eigenvalue weighted by atomic mass is 9.74. The van der Waals surface area contributed by atoms with Gasteiger partial charge in [0.15, 0.2) is 0 Å². The lowest BCUT2D eigenvalue weighted by Crippen LogP contribution is -2.39. The molecule has 0 radical (unpaired) electrons. The Hall–Kier alpha value is -0.530. The lowest BCUT2D eigenvalue weighted by molar-refractivity contribution is -0.132. The van der Waals surface area contributed by atoms with Gasteiger partial charge in [0, 0.05) is 12.0 Å². The van der Waals surface area contributed by atoms with Gasteiger partial charge in [-0.3, -0.25) is 4.79 Å². The second kappa shape index (κ2) is 8.55. The van der Waals surface area contributed by atoms with Gasteiger partial charge in [0.25, 0.3) is 0 Å². The molecule has 18 heavy (non-hydrogen) atoms. The van der Waals surface area contributed by atoms with E-state index in [1.165, 1.54) is 44.9 Å². The summed E-state index contributed by atoms with van der Waals surface area (Å²) in [5, 5.41) is 3.15. The van der Waals surface area contributed by atoms with Gasteiger partial charge in [-0.2, -0.15) is 0 Å². The Morgan fingerprint density at radius 1 is 1.00 bits per heavy atom. The summed E-state index contributed by atoms with van der Waals surface area (Å²) in [5.74, 6) is 0.354. The SMILES string of the molecule is CCCCCC1(CCCCC)CCCCNC1=O. The number of rotatable bonds is 8. The van der Waals surface area contributed by atoms with Crippen molar-refractivity contribution in [1.29, 1.82) is 0 Å². The molecule has 1 fully saturated rings. The van der Waals surface area contributed by atoms with Crippen molar-refractivity contribution in [3.63, 3.8) is 0 Å². The zero-order valence-electron chi connectivity index (χ0n) is 12.4. The van der Waals surface area contributed by atoms with Gasteiger partial charge in [-0.15, -0.1) is 0 Å². The smallest absolute Gasteiger partial charge is 0.226 e. The molecule has 2 nitrogen and oxygen atoms in total. The number of carbonyl (C=O) groups is 1. The van der Waals surface area contributed by atoms with E-state index in [1.807, 2.05) is 0 Å². The maximum Gasteiger partial charge on any atom is 0.226 e. The van der Waals surface area contributed by atoms with E-state index < -0.39 is 0 Å². The molecular weight excluding hydrogens is 222 g/mol. The first-order valence-corrected chi connectivity index (χ1v) is 8.03. The van der Waals surface area contributed by atoms with E-state index in [-0.39, 0.29) is 5.41 Å². The molecule has 106 valence electrons. The number of amides is 1. The minimum absolute atomic E-state index is 0.0269. The minimum atomic E-state index is -0.0269. The van der Waals surface area contributed by atoms with Gasteiger partial charge in [-0.05, 0) is 25.7 Å². The topological polar surface area (TPSA) is 29.1 Å². The third kappa shape index (κ3) is 4.62. The van der Waals surface area contributed by atoms with Crippen LogP contribution in [0.25, 0.3) is 0 Å². The van der Waals surface area contributed by atoms with Crippen molar-refractivity contribution >= 4 is 5.91 Å². The second-order valence-electron chi connectivity index (χ2n) is 5.91. The van der Waals surface area contributed by atoms with Gasteiger partial charge >= 0.3 is 0 Å². The fourth-order valence-corrected chi connectivity index (χ4v) is 3.12. The second-order valence-corrected chi connectivity index (χ2v) is 5.91. The Labute approximate surface area is 113 Å². The summed E-state index contributed by atoms with van der Waals surface area (Å²) < 4.78 is 0. The molecule has 0 bridgehead atoms. The molecule has 0 unspecified atom stereocenters. The van der Waals surface area contributed by atoms with E-state index in [2.05, 4.69) is 19.2 Å². The van der Waals surface area contributed by atoms with E-state index in [4.69, 9.17) is 0 Å². The number of nitrogens with one attached hydrogen (secondary N) is 1. The normalized spacial score (nSPS) is 19.3. The molecule has 1 N–H and O–H groups in total. The van der Waals surface area contributed by atoms with E-state index in [1.54, 1.807) is 0 Å². The highest BCUT2D eigenvalue weighted by Gasteiger charge is 2.37. The Bertz CT molecular complexity index is 227. The quantitative estimate of drug-likeness (QED) is 0.637. The molecule has 0 saturated carbocycles. The summed E-state index contributed by atoms with van der Waals surface area (Å²) >= 11 is 0. The van der Waals surface area contributed by atoms with Crippen LogP contribution >= 0.6 is 0 Å². The summed E-state index contributed by atoms with van der Waals surface area (Å²) in [5.41, 5.74) is -0.0269. The molecule has 1 aliphatic rings. The summed E-state index contributed by atoms with van der Waals surface area (Å²) in [6, 6.07) is 0. The molecule has 1 aliphatic heterocycles.